The standard InChI is InChI=1S/C26H22BrF2N9O3/c27-18-8-4-7-17-20(18)33-25(38-22(17)34-21(35-38)16-11-31-37(12-16)24(28)29)32-19-13-36(10-9-30-23(19)39)26(40)41-14-15-5-2-1-3-6-15/h1-8,11-12,19,24H,9-10,13-14H2,(H,30,39)(H,32,33)/t19-/m1/s1. The number of alkyl halides is 2. The molecule has 5 aromatic rings. The van der Waals surface area contributed by atoms with E-state index >= 15 is 0 Å². The van der Waals surface area contributed by atoms with Crippen molar-refractivity contribution in [2.45, 2.75) is 19.2 Å². The van der Waals surface area contributed by atoms with Crippen molar-refractivity contribution in [3.05, 3.63) is 71.0 Å². The monoisotopic (exact) mass is 625 g/mol. The molecule has 1 aliphatic heterocycles. The van der Waals surface area contributed by atoms with E-state index in [0.29, 0.717) is 25.7 Å². The first-order chi connectivity index (χ1) is 19.9. The van der Waals surface area contributed by atoms with Crippen LogP contribution in [0.4, 0.5) is 19.5 Å². The molecule has 0 radical (unpaired) electrons. The fraction of sp³-hybridized carbons (Fsp3) is 0.231. The van der Waals surface area contributed by atoms with Gasteiger partial charge >= 0.3 is 12.6 Å². The van der Waals surface area contributed by atoms with E-state index in [0.717, 1.165) is 11.8 Å². The molecule has 6 rings (SSSR count). The lowest BCUT2D eigenvalue weighted by Gasteiger charge is -2.23. The summed E-state index contributed by atoms with van der Waals surface area (Å²) >= 11 is 3.51. The normalized spacial score (nSPS) is 15.8. The van der Waals surface area contributed by atoms with E-state index in [4.69, 9.17) is 9.72 Å². The van der Waals surface area contributed by atoms with Crippen LogP contribution in [0.5, 0.6) is 0 Å². The Balaban J connectivity index is 1.32. The van der Waals surface area contributed by atoms with E-state index < -0.39 is 18.7 Å². The minimum atomic E-state index is -2.81. The average molecular weight is 626 g/mol. The molecular formula is C26H22BrF2N9O3. The molecule has 2 aromatic carbocycles. The minimum Gasteiger partial charge on any atom is -0.445 e. The molecule has 41 heavy (non-hydrogen) atoms. The largest absolute Gasteiger partial charge is 0.445 e. The van der Waals surface area contributed by atoms with Crippen molar-refractivity contribution in [1.29, 1.82) is 0 Å². The summed E-state index contributed by atoms with van der Waals surface area (Å²) in [6.45, 7) is -2.22. The van der Waals surface area contributed by atoms with Crippen LogP contribution in [0.1, 0.15) is 12.1 Å². The molecule has 12 nitrogen and oxygen atoms in total. The summed E-state index contributed by atoms with van der Waals surface area (Å²) in [6, 6.07) is 13.8. The zero-order valence-electron chi connectivity index (χ0n) is 21.2. The lowest BCUT2D eigenvalue weighted by Crippen LogP contribution is -2.44. The van der Waals surface area contributed by atoms with Gasteiger partial charge in [-0.05, 0) is 33.6 Å². The highest BCUT2D eigenvalue weighted by Gasteiger charge is 2.30. The molecule has 2 amide bonds. The van der Waals surface area contributed by atoms with Gasteiger partial charge < -0.3 is 20.3 Å². The smallest absolute Gasteiger partial charge is 0.410 e. The van der Waals surface area contributed by atoms with Crippen molar-refractivity contribution in [3.8, 4) is 11.4 Å². The van der Waals surface area contributed by atoms with Crippen LogP contribution in [0.15, 0.2) is 65.4 Å². The van der Waals surface area contributed by atoms with Crippen LogP contribution in [-0.4, -0.2) is 71.9 Å². The zero-order chi connectivity index (χ0) is 28.5. The quantitative estimate of drug-likeness (QED) is 0.291. The van der Waals surface area contributed by atoms with Gasteiger partial charge in [-0.25, -0.2) is 19.4 Å². The molecule has 0 saturated carbocycles. The Kier molecular flexibility index (Phi) is 7.17. The number of aromatic nitrogens is 6. The molecule has 2 N–H and O–H groups in total. The van der Waals surface area contributed by atoms with Gasteiger partial charge in [0.1, 0.15) is 12.6 Å². The Bertz CT molecular complexity index is 1740. The molecule has 0 spiro atoms. The van der Waals surface area contributed by atoms with Gasteiger partial charge in [0.2, 0.25) is 11.9 Å². The van der Waals surface area contributed by atoms with Gasteiger partial charge in [-0.3, -0.25) is 4.79 Å². The van der Waals surface area contributed by atoms with E-state index in [-0.39, 0.29) is 49.5 Å². The van der Waals surface area contributed by atoms with Gasteiger partial charge in [0, 0.05) is 29.1 Å². The summed E-state index contributed by atoms with van der Waals surface area (Å²) in [4.78, 5) is 36.6. The lowest BCUT2D eigenvalue weighted by molar-refractivity contribution is -0.121. The maximum atomic E-state index is 13.1. The first-order valence-corrected chi connectivity index (χ1v) is 13.3. The number of rotatable bonds is 6. The van der Waals surface area contributed by atoms with Crippen molar-refractivity contribution in [2.75, 3.05) is 25.0 Å². The van der Waals surface area contributed by atoms with Crippen molar-refractivity contribution in [3.63, 3.8) is 0 Å². The molecule has 210 valence electrons. The van der Waals surface area contributed by atoms with E-state index in [1.165, 1.54) is 15.6 Å². The fourth-order valence-electron chi connectivity index (χ4n) is 4.45. The number of carbonyl (C=O) groups excluding carboxylic acids is 2. The summed E-state index contributed by atoms with van der Waals surface area (Å²) in [5, 5.41) is 14.7. The molecule has 1 atom stereocenters. The molecule has 1 saturated heterocycles. The highest BCUT2D eigenvalue weighted by atomic mass is 79.9. The van der Waals surface area contributed by atoms with Crippen LogP contribution in [0.2, 0.25) is 0 Å². The minimum absolute atomic E-state index is 0.000655. The average Bonchev–Trinajstić information content (AvgIpc) is 3.60. The molecule has 0 bridgehead atoms. The Morgan fingerprint density at radius 2 is 2.00 bits per heavy atom. The number of carbonyl (C=O) groups is 2. The number of hydrogen-bond donors (Lipinski definition) is 2. The number of halogens is 3. The van der Waals surface area contributed by atoms with Gasteiger partial charge in [-0.2, -0.15) is 18.4 Å². The Morgan fingerprint density at radius 1 is 1.17 bits per heavy atom. The second kappa shape index (κ2) is 11.1. The van der Waals surface area contributed by atoms with Gasteiger partial charge in [0.15, 0.2) is 11.5 Å². The highest BCUT2D eigenvalue weighted by Crippen LogP contribution is 2.29. The van der Waals surface area contributed by atoms with Crippen LogP contribution in [0.3, 0.4) is 0 Å². The Morgan fingerprint density at radius 3 is 2.78 bits per heavy atom. The molecule has 0 aliphatic carbocycles. The second-order valence-corrected chi connectivity index (χ2v) is 10.1. The number of hydrogen-bond acceptors (Lipinski definition) is 8. The van der Waals surface area contributed by atoms with E-state index in [1.54, 1.807) is 6.07 Å². The van der Waals surface area contributed by atoms with Crippen LogP contribution in [0, 0.1) is 0 Å². The maximum absolute atomic E-state index is 13.1. The summed E-state index contributed by atoms with van der Waals surface area (Å²) in [5.74, 6) is -0.0335. The molecule has 1 fully saturated rings. The molecule has 1 aliphatic rings. The maximum Gasteiger partial charge on any atom is 0.410 e. The third kappa shape index (κ3) is 5.39. The van der Waals surface area contributed by atoms with E-state index in [9.17, 15) is 18.4 Å². The number of fused-ring (bicyclic) bond motifs is 3. The lowest BCUT2D eigenvalue weighted by atomic mass is 10.2. The third-order valence-electron chi connectivity index (χ3n) is 6.48. The van der Waals surface area contributed by atoms with Crippen LogP contribution < -0.4 is 10.6 Å². The van der Waals surface area contributed by atoms with E-state index in [1.807, 2.05) is 42.5 Å². The molecular weight excluding hydrogens is 604 g/mol. The van der Waals surface area contributed by atoms with Crippen LogP contribution >= 0.6 is 15.9 Å². The fourth-order valence-corrected chi connectivity index (χ4v) is 4.90. The second-order valence-electron chi connectivity index (χ2n) is 9.20. The Labute approximate surface area is 239 Å². The summed E-state index contributed by atoms with van der Waals surface area (Å²) in [7, 11) is 0. The number of benzene rings is 2. The molecule has 3 aromatic heterocycles. The number of ether oxygens (including phenoxy) is 1. The van der Waals surface area contributed by atoms with Crippen molar-refractivity contribution >= 4 is 50.4 Å². The highest BCUT2D eigenvalue weighted by molar-refractivity contribution is 9.10. The molecule has 4 heterocycles. The molecule has 0 unspecified atom stereocenters. The van der Waals surface area contributed by atoms with Gasteiger partial charge in [-0.15, -0.1) is 5.10 Å². The number of nitrogens with one attached hydrogen (secondary N) is 2. The topological polar surface area (TPSA) is 132 Å². The number of anilines is 1. The SMILES string of the molecule is O=C1NCCN(C(=O)OCc2ccccc2)C[C@H]1Nc1nc2c(Br)cccc2c2nc(-c3cnn(C(F)F)c3)nn12. The third-order valence-corrected chi connectivity index (χ3v) is 7.12. The van der Waals surface area contributed by atoms with Gasteiger partial charge in [0.05, 0.1) is 23.8 Å². The first-order valence-electron chi connectivity index (χ1n) is 12.5. The predicted molar refractivity (Wildman–Crippen MR) is 147 cm³/mol. The van der Waals surface area contributed by atoms with Gasteiger partial charge in [-0.1, -0.05) is 36.4 Å². The predicted octanol–water partition coefficient (Wildman–Crippen LogP) is 3.85. The van der Waals surface area contributed by atoms with E-state index in [2.05, 4.69) is 41.7 Å². The number of para-hydroxylation sites is 1. The first kappa shape index (κ1) is 26.6. The van der Waals surface area contributed by atoms with Crippen LogP contribution in [-0.2, 0) is 16.1 Å². The zero-order valence-corrected chi connectivity index (χ0v) is 22.8. The summed E-state index contributed by atoms with van der Waals surface area (Å²) < 4.78 is 34.3. The number of nitrogens with zero attached hydrogens (tertiary/aromatic N) is 7. The van der Waals surface area contributed by atoms with Crippen molar-refractivity contribution in [2.24, 2.45) is 0 Å². The van der Waals surface area contributed by atoms with Crippen molar-refractivity contribution in [1.82, 2.24) is 39.6 Å². The Hall–Kier alpha value is -4.66. The number of amides is 2. The summed E-state index contributed by atoms with van der Waals surface area (Å²) in [6.07, 6.45) is 1.84. The van der Waals surface area contributed by atoms with Crippen molar-refractivity contribution < 1.29 is 23.1 Å². The molecule has 15 heteroatoms. The summed E-state index contributed by atoms with van der Waals surface area (Å²) in [5.41, 5.74) is 2.04. The van der Waals surface area contributed by atoms with Crippen LogP contribution in [0.25, 0.3) is 27.9 Å². The van der Waals surface area contributed by atoms with Gasteiger partial charge in [0.25, 0.3) is 0 Å².